The highest BCUT2D eigenvalue weighted by molar-refractivity contribution is 6.83. The van der Waals surface area contributed by atoms with Crippen molar-refractivity contribution in [3.8, 4) is 11.5 Å². The molecule has 4 nitrogen and oxygen atoms in total. The predicted molar refractivity (Wildman–Crippen MR) is 95.5 cm³/mol. The van der Waals surface area contributed by atoms with Gasteiger partial charge >= 0.3 is 5.97 Å². The molecule has 0 N–H and O–H groups in total. The molecule has 1 fully saturated rings. The van der Waals surface area contributed by atoms with Crippen molar-refractivity contribution in [1.29, 1.82) is 0 Å². The molecule has 25 heavy (non-hydrogen) atoms. The number of esters is 1. The topological polar surface area (TPSA) is 46.6 Å². The molecule has 1 aromatic rings. The molecular formula is C19H22FNO3Si. The lowest BCUT2D eigenvalue weighted by Gasteiger charge is -2.34. The standard InChI is InChI=1S/C19H22FNO3Si/c1-24-15(22)11-21-12-19(8-9-19)16-14(18(21)23)6-5-13(17(16)20)7-10-25(2,3)4/h5-6H,8-9,11-12H2,1-4H3. The molecule has 0 bridgehead atoms. The van der Waals surface area contributed by atoms with Crippen LogP contribution in [0.1, 0.15) is 34.3 Å². The van der Waals surface area contributed by atoms with Crippen molar-refractivity contribution in [2.45, 2.75) is 37.9 Å². The molecule has 0 unspecified atom stereocenters. The molecule has 1 aromatic carbocycles. The van der Waals surface area contributed by atoms with Gasteiger partial charge in [0.2, 0.25) is 0 Å². The lowest BCUT2D eigenvalue weighted by Crippen LogP contribution is -2.46. The first kappa shape index (κ1) is 17.7. The summed E-state index contributed by atoms with van der Waals surface area (Å²) in [7, 11) is -0.328. The first-order valence-corrected chi connectivity index (χ1v) is 11.9. The second kappa shape index (κ2) is 5.99. The quantitative estimate of drug-likeness (QED) is 0.463. The summed E-state index contributed by atoms with van der Waals surface area (Å²) in [6.45, 7) is 6.57. The minimum absolute atomic E-state index is 0.102. The van der Waals surface area contributed by atoms with E-state index in [0.29, 0.717) is 23.2 Å². The highest BCUT2D eigenvalue weighted by Gasteiger charge is 2.53. The van der Waals surface area contributed by atoms with E-state index >= 15 is 4.39 Å². The fourth-order valence-corrected chi connectivity index (χ4v) is 3.73. The normalized spacial score (nSPS) is 17.6. The number of methoxy groups -OCH3 is 1. The van der Waals surface area contributed by atoms with Crippen LogP contribution in [0.15, 0.2) is 12.1 Å². The summed E-state index contributed by atoms with van der Waals surface area (Å²) >= 11 is 0. The van der Waals surface area contributed by atoms with E-state index in [1.807, 2.05) is 0 Å². The number of nitrogens with zero attached hydrogens (tertiary/aromatic N) is 1. The summed E-state index contributed by atoms with van der Waals surface area (Å²) in [6.07, 6.45) is 1.62. The van der Waals surface area contributed by atoms with E-state index in [-0.39, 0.29) is 23.7 Å². The van der Waals surface area contributed by atoms with E-state index in [2.05, 4.69) is 35.8 Å². The van der Waals surface area contributed by atoms with Gasteiger partial charge in [0.25, 0.3) is 5.91 Å². The van der Waals surface area contributed by atoms with Crippen molar-refractivity contribution in [2.24, 2.45) is 0 Å². The summed E-state index contributed by atoms with van der Waals surface area (Å²) in [5.74, 6) is 1.82. The van der Waals surface area contributed by atoms with Crippen LogP contribution in [0.4, 0.5) is 4.39 Å². The maximum absolute atomic E-state index is 15.1. The molecule has 0 atom stereocenters. The van der Waals surface area contributed by atoms with Crippen LogP contribution in [0, 0.1) is 17.3 Å². The van der Waals surface area contributed by atoms with Crippen LogP contribution in [-0.4, -0.2) is 45.0 Å². The van der Waals surface area contributed by atoms with Crippen LogP contribution < -0.4 is 0 Å². The van der Waals surface area contributed by atoms with E-state index in [0.717, 1.165) is 12.8 Å². The Morgan fingerprint density at radius 2 is 2.04 bits per heavy atom. The van der Waals surface area contributed by atoms with E-state index in [1.54, 1.807) is 12.1 Å². The number of fused-ring (bicyclic) bond motifs is 2. The Labute approximate surface area is 148 Å². The molecule has 1 aliphatic carbocycles. The lowest BCUT2D eigenvalue weighted by molar-refractivity contribution is -0.141. The van der Waals surface area contributed by atoms with Crippen molar-refractivity contribution < 1.29 is 18.7 Å². The van der Waals surface area contributed by atoms with E-state index in [1.165, 1.54) is 12.0 Å². The van der Waals surface area contributed by atoms with Gasteiger partial charge in [0, 0.05) is 23.1 Å². The average molecular weight is 359 g/mol. The van der Waals surface area contributed by atoms with E-state index < -0.39 is 14.0 Å². The zero-order valence-corrected chi connectivity index (χ0v) is 16.0. The van der Waals surface area contributed by atoms with Crippen LogP contribution in [0.2, 0.25) is 19.6 Å². The number of carbonyl (C=O) groups is 2. The number of hydrogen-bond donors (Lipinski definition) is 0. The lowest BCUT2D eigenvalue weighted by atomic mass is 9.84. The highest BCUT2D eigenvalue weighted by atomic mass is 28.3. The summed E-state index contributed by atoms with van der Waals surface area (Å²) in [5.41, 5.74) is 4.00. The number of rotatable bonds is 2. The van der Waals surface area contributed by atoms with Crippen LogP contribution in [0.3, 0.4) is 0 Å². The van der Waals surface area contributed by atoms with Crippen LogP contribution in [-0.2, 0) is 14.9 Å². The molecule has 132 valence electrons. The molecule has 0 saturated heterocycles. The Morgan fingerprint density at radius 3 is 2.60 bits per heavy atom. The fraction of sp³-hybridized carbons (Fsp3) is 0.474. The predicted octanol–water partition coefficient (Wildman–Crippen LogP) is 2.72. The van der Waals surface area contributed by atoms with Gasteiger partial charge in [0.1, 0.15) is 20.4 Å². The van der Waals surface area contributed by atoms with Crippen LogP contribution in [0.25, 0.3) is 0 Å². The van der Waals surface area contributed by atoms with Gasteiger partial charge in [-0.2, -0.15) is 0 Å². The molecule has 0 aromatic heterocycles. The largest absolute Gasteiger partial charge is 0.468 e. The van der Waals surface area contributed by atoms with Gasteiger partial charge in [-0.05, 0) is 25.0 Å². The van der Waals surface area contributed by atoms with E-state index in [4.69, 9.17) is 0 Å². The summed E-state index contributed by atoms with van der Waals surface area (Å²) in [5, 5.41) is 0. The molecule has 1 heterocycles. The molecule has 2 aliphatic rings. The van der Waals surface area contributed by atoms with Crippen molar-refractivity contribution in [3.05, 3.63) is 34.6 Å². The zero-order chi connectivity index (χ0) is 18.4. The Hall–Kier alpha value is -2.13. The van der Waals surface area contributed by atoms with Crippen molar-refractivity contribution in [2.75, 3.05) is 20.2 Å². The molecular weight excluding hydrogens is 337 g/mol. The zero-order valence-electron chi connectivity index (χ0n) is 15.0. The Kier molecular flexibility index (Phi) is 4.24. The van der Waals surface area contributed by atoms with Crippen LogP contribution >= 0.6 is 0 Å². The van der Waals surface area contributed by atoms with Gasteiger partial charge in [-0.25, -0.2) is 4.39 Å². The first-order chi connectivity index (χ1) is 11.7. The number of benzene rings is 1. The molecule has 1 saturated carbocycles. The molecule has 0 radical (unpaired) electrons. The monoisotopic (exact) mass is 359 g/mol. The maximum Gasteiger partial charge on any atom is 0.325 e. The third-order valence-electron chi connectivity index (χ3n) is 4.66. The Morgan fingerprint density at radius 1 is 1.36 bits per heavy atom. The van der Waals surface area contributed by atoms with Gasteiger partial charge in [0.05, 0.1) is 12.7 Å². The molecule has 3 rings (SSSR count). The summed E-state index contributed by atoms with van der Waals surface area (Å²) in [6, 6.07) is 3.23. The smallest absolute Gasteiger partial charge is 0.325 e. The van der Waals surface area contributed by atoms with Gasteiger partial charge in [-0.15, -0.1) is 5.54 Å². The fourth-order valence-electron chi connectivity index (χ4n) is 3.22. The number of halogens is 1. The number of amides is 1. The molecule has 6 heteroatoms. The minimum atomic E-state index is -1.62. The van der Waals surface area contributed by atoms with Gasteiger partial charge < -0.3 is 9.64 Å². The maximum atomic E-state index is 15.1. The third-order valence-corrected chi connectivity index (χ3v) is 5.53. The highest BCUT2D eigenvalue weighted by Crippen LogP contribution is 2.53. The van der Waals surface area contributed by atoms with Crippen molar-refractivity contribution in [1.82, 2.24) is 4.90 Å². The van der Waals surface area contributed by atoms with Gasteiger partial charge in [-0.1, -0.05) is 25.6 Å². The van der Waals surface area contributed by atoms with E-state index in [9.17, 15) is 9.59 Å². The third kappa shape index (κ3) is 3.34. The summed E-state index contributed by atoms with van der Waals surface area (Å²) < 4.78 is 19.8. The minimum Gasteiger partial charge on any atom is -0.468 e. The first-order valence-electron chi connectivity index (χ1n) is 8.39. The molecule has 1 amide bonds. The molecule has 1 spiro atoms. The second-order valence-electron chi connectivity index (χ2n) is 7.87. The number of hydrogen-bond acceptors (Lipinski definition) is 3. The molecule has 1 aliphatic heterocycles. The van der Waals surface area contributed by atoms with Gasteiger partial charge in [-0.3, -0.25) is 9.59 Å². The van der Waals surface area contributed by atoms with Crippen LogP contribution in [0.5, 0.6) is 0 Å². The SMILES string of the molecule is COC(=O)CN1CC2(CC2)c2c(ccc(C#C[Si](C)(C)C)c2F)C1=O. The number of carbonyl (C=O) groups excluding carboxylic acids is 2. The number of ether oxygens (including phenoxy) is 1. The second-order valence-corrected chi connectivity index (χ2v) is 12.6. The van der Waals surface area contributed by atoms with Crippen molar-refractivity contribution in [3.63, 3.8) is 0 Å². The average Bonchev–Trinajstić information content (AvgIpc) is 3.30. The van der Waals surface area contributed by atoms with Gasteiger partial charge in [0.15, 0.2) is 0 Å². The summed E-state index contributed by atoms with van der Waals surface area (Å²) in [4.78, 5) is 25.7. The Bertz CT molecular complexity index is 812. The van der Waals surface area contributed by atoms with Crippen molar-refractivity contribution >= 4 is 20.0 Å². The Balaban J connectivity index is 2.03.